The molecule has 5 heteroatoms. The number of methoxy groups -OCH3 is 1. The quantitative estimate of drug-likeness (QED) is 0.728. The summed E-state index contributed by atoms with van der Waals surface area (Å²) >= 11 is 0. The maximum Gasteiger partial charge on any atom is 0.291 e. The van der Waals surface area contributed by atoms with Crippen LogP contribution in [0.15, 0.2) is 0 Å². The number of ketones is 1. The van der Waals surface area contributed by atoms with Crippen molar-refractivity contribution in [3.05, 3.63) is 0 Å². The number of carbonyl (C=O) groups excluding carboxylic acids is 2. The average molecular weight is 298 g/mol. The number of carbonyl (C=O) groups is 2. The smallest absolute Gasteiger partial charge is 0.291 e. The molecule has 1 heterocycles. The Labute approximate surface area is 128 Å². The Morgan fingerprint density at radius 3 is 2.57 bits per heavy atom. The molecule has 0 aromatic heterocycles. The first kappa shape index (κ1) is 18.1. The van der Waals surface area contributed by atoms with Crippen molar-refractivity contribution in [2.45, 2.75) is 71.0 Å². The molecule has 0 saturated carbocycles. The first-order valence-corrected chi connectivity index (χ1v) is 7.91. The highest BCUT2D eigenvalue weighted by molar-refractivity contribution is 6.38. The van der Waals surface area contributed by atoms with E-state index in [0.29, 0.717) is 19.6 Å². The number of hydrogen-bond donors (Lipinski definition) is 1. The number of amides is 1. The van der Waals surface area contributed by atoms with Crippen molar-refractivity contribution in [1.29, 1.82) is 0 Å². The lowest BCUT2D eigenvalue weighted by atomic mass is 10.0. The van der Waals surface area contributed by atoms with Crippen LogP contribution in [0.1, 0.15) is 53.4 Å². The fraction of sp³-hybridized carbons (Fsp3) is 0.875. The fourth-order valence-corrected chi connectivity index (χ4v) is 2.84. The molecule has 0 radical (unpaired) electrons. The van der Waals surface area contributed by atoms with Gasteiger partial charge in [0.25, 0.3) is 5.91 Å². The molecule has 21 heavy (non-hydrogen) atoms. The number of ether oxygens (including phenoxy) is 1. The minimum Gasteiger partial charge on any atom is -0.383 e. The van der Waals surface area contributed by atoms with Crippen LogP contribution in [0.4, 0.5) is 0 Å². The summed E-state index contributed by atoms with van der Waals surface area (Å²) < 4.78 is 5.15. The molecular formula is C16H30N2O3. The highest BCUT2D eigenvalue weighted by atomic mass is 16.5. The SMILES string of the molecule is CCCC(NC(C)(C)C)C(=O)C(=O)N1CCC[C@H]1COC. The van der Waals surface area contributed by atoms with Crippen molar-refractivity contribution in [1.82, 2.24) is 10.2 Å². The summed E-state index contributed by atoms with van der Waals surface area (Å²) in [5.74, 6) is -0.667. The van der Waals surface area contributed by atoms with Crippen molar-refractivity contribution in [3.63, 3.8) is 0 Å². The van der Waals surface area contributed by atoms with Crippen molar-refractivity contribution in [2.24, 2.45) is 0 Å². The Hall–Kier alpha value is -0.940. The number of hydrogen-bond acceptors (Lipinski definition) is 4. The summed E-state index contributed by atoms with van der Waals surface area (Å²) in [5.41, 5.74) is -0.188. The molecule has 1 saturated heterocycles. The molecule has 1 aliphatic heterocycles. The Bertz CT molecular complexity index is 363. The molecule has 1 fully saturated rings. The van der Waals surface area contributed by atoms with Gasteiger partial charge in [-0.15, -0.1) is 0 Å². The normalized spacial score (nSPS) is 20.6. The van der Waals surface area contributed by atoms with Gasteiger partial charge in [-0.3, -0.25) is 9.59 Å². The third kappa shape index (κ3) is 5.40. The first-order chi connectivity index (χ1) is 9.80. The Kier molecular flexibility index (Phi) is 6.81. The van der Waals surface area contributed by atoms with E-state index in [0.717, 1.165) is 19.3 Å². The number of nitrogens with one attached hydrogen (secondary N) is 1. The zero-order chi connectivity index (χ0) is 16.0. The molecule has 122 valence electrons. The summed E-state index contributed by atoms with van der Waals surface area (Å²) in [7, 11) is 1.63. The number of rotatable bonds is 7. The van der Waals surface area contributed by atoms with E-state index in [2.05, 4.69) is 5.32 Å². The lowest BCUT2D eigenvalue weighted by molar-refractivity contribution is -0.147. The van der Waals surface area contributed by atoms with Crippen LogP contribution < -0.4 is 5.32 Å². The molecule has 1 amide bonds. The molecule has 1 rings (SSSR count). The van der Waals surface area contributed by atoms with Gasteiger partial charge in [0.2, 0.25) is 5.78 Å². The summed E-state index contributed by atoms with van der Waals surface area (Å²) in [6.45, 7) is 9.22. The van der Waals surface area contributed by atoms with Crippen molar-refractivity contribution in [3.8, 4) is 0 Å². The maximum absolute atomic E-state index is 12.6. The minimum absolute atomic E-state index is 0.0448. The third-order valence-corrected chi connectivity index (χ3v) is 3.71. The van der Waals surface area contributed by atoms with E-state index >= 15 is 0 Å². The predicted octanol–water partition coefficient (Wildman–Crippen LogP) is 1.75. The topological polar surface area (TPSA) is 58.6 Å². The summed E-state index contributed by atoms with van der Waals surface area (Å²) in [6.07, 6.45) is 3.41. The molecule has 1 aliphatic rings. The minimum atomic E-state index is -0.397. The van der Waals surface area contributed by atoms with Gasteiger partial charge in [0.15, 0.2) is 0 Å². The van der Waals surface area contributed by atoms with E-state index in [1.165, 1.54) is 0 Å². The molecule has 0 aromatic rings. The van der Waals surface area contributed by atoms with Crippen LogP contribution in [0.2, 0.25) is 0 Å². The molecule has 0 aromatic carbocycles. The largest absolute Gasteiger partial charge is 0.383 e. The van der Waals surface area contributed by atoms with E-state index < -0.39 is 6.04 Å². The number of Topliss-reactive ketones (excluding diaryl/α,β-unsaturated/α-hetero) is 1. The van der Waals surface area contributed by atoms with Crippen molar-refractivity contribution < 1.29 is 14.3 Å². The van der Waals surface area contributed by atoms with E-state index in [1.807, 2.05) is 27.7 Å². The van der Waals surface area contributed by atoms with E-state index in [9.17, 15) is 9.59 Å². The van der Waals surface area contributed by atoms with Crippen LogP contribution >= 0.6 is 0 Å². The van der Waals surface area contributed by atoms with Gasteiger partial charge in [-0.05, 0) is 40.0 Å². The predicted molar refractivity (Wildman–Crippen MR) is 83.2 cm³/mol. The fourth-order valence-electron chi connectivity index (χ4n) is 2.84. The molecule has 0 bridgehead atoms. The Balaban J connectivity index is 2.75. The summed E-state index contributed by atoms with van der Waals surface area (Å²) in [4.78, 5) is 26.8. The molecule has 1 unspecified atom stereocenters. The van der Waals surface area contributed by atoms with E-state index in [-0.39, 0.29) is 23.3 Å². The van der Waals surface area contributed by atoms with Crippen LogP contribution in [0.3, 0.4) is 0 Å². The second-order valence-electron chi connectivity index (χ2n) is 6.85. The average Bonchev–Trinajstić information content (AvgIpc) is 2.83. The third-order valence-electron chi connectivity index (χ3n) is 3.71. The molecular weight excluding hydrogens is 268 g/mol. The van der Waals surface area contributed by atoms with Crippen molar-refractivity contribution in [2.75, 3.05) is 20.3 Å². The first-order valence-electron chi connectivity index (χ1n) is 7.91. The highest BCUT2D eigenvalue weighted by Crippen LogP contribution is 2.19. The second kappa shape index (κ2) is 7.90. The number of nitrogens with zero attached hydrogens (tertiary/aromatic N) is 1. The highest BCUT2D eigenvalue weighted by Gasteiger charge is 2.36. The van der Waals surface area contributed by atoms with Crippen molar-refractivity contribution >= 4 is 11.7 Å². The zero-order valence-electron chi connectivity index (χ0n) is 14.1. The zero-order valence-corrected chi connectivity index (χ0v) is 14.1. The van der Waals surface area contributed by atoms with Crippen LogP contribution in [0.5, 0.6) is 0 Å². The summed E-state index contributed by atoms with van der Waals surface area (Å²) in [6, 6.07) is -0.352. The van der Waals surface area contributed by atoms with Crippen LogP contribution in [-0.4, -0.2) is 54.5 Å². The molecule has 0 spiro atoms. The molecule has 5 nitrogen and oxygen atoms in total. The van der Waals surface area contributed by atoms with Gasteiger partial charge in [0.05, 0.1) is 18.7 Å². The molecule has 1 N–H and O–H groups in total. The Morgan fingerprint density at radius 2 is 2.05 bits per heavy atom. The Morgan fingerprint density at radius 1 is 1.38 bits per heavy atom. The van der Waals surface area contributed by atoms with Gasteiger partial charge in [-0.2, -0.15) is 0 Å². The molecule has 2 atom stereocenters. The van der Waals surface area contributed by atoms with Gasteiger partial charge in [-0.25, -0.2) is 0 Å². The van der Waals surface area contributed by atoms with Gasteiger partial charge in [-0.1, -0.05) is 13.3 Å². The van der Waals surface area contributed by atoms with E-state index in [1.54, 1.807) is 12.0 Å². The van der Waals surface area contributed by atoms with Gasteiger partial charge < -0.3 is 15.0 Å². The maximum atomic E-state index is 12.6. The van der Waals surface area contributed by atoms with Crippen LogP contribution in [-0.2, 0) is 14.3 Å². The van der Waals surface area contributed by atoms with E-state index in [4.69, 9.17) is 4.74 Å². The standard InChI is InChI=1S/C16H30N2O3/c1-6-8-13(17-16(2,3)4)14(19)15(20)18-10-7-9-12(18)11-21-5/h12-13,17H,6-11H2,1-5H3/t12-,13?/m0/s1. The summed E-state index contributed by atoms with van der Waals surface area (Å²) in [5, 5.41) is 3.28. The monoisotopic (exact) mass is 298 g/mol. The van der Waals surface area contributed by atoms with Crippen LogP contribution in [0.25, 0.3) is 0 Å². The van der Waals surface area contributed by atoms with Gasteiger partial charge >= 0.3 is 0 Å². The van der Waals surface area contributed by atoms with Crippen LogP contribution in [0, 0.1) is 0 Å². The molecule has 0 aliphatic carbocycles. The lowest BCUT2D eigenvalue weighted by Crippen LogP contribution is -2.53. The lowest BCUT2D eigenvalue weighted by Gasteiger charge is -2.30. The van der Waals surface area contributed by atoms with Gasteiger partial charge in [0, 0.05) is 19.2 Å². The second-order valence-corrected chi connectivity index (χ2v) is 6.85. The van der Waals surface area contributed by atoms with Gasteiger partial charge in [0.1, 0.15) is 0 Å². The number of likely N-dealkylation sites (tertiary alicyclic amines) is 1.